The Hall–Kier alpha value is -0.350. The third-order valence-electron chi connectivity index (χ3n) is 3.14. The largest absolute Gasteiger partial charge is 0.324 e. The molecule has 0 radical (unpaired) electrons. The van der Waals surface area contributed by atoms with E-state index in [0.29, 0.717) is 0 Å². The van der Waals surface area contributed by atoms with Crippen LogP contribution in [0.1, 0.15) is 50.6 Å². The number of halogens is 3. The first-order valence-electron chi connectivity index (χ1n) is 6.95. The molecule has 0 aromatic heterocycles. The van der Waals surface area contributed by atoms with Gasteiger partial charge in [0.1, 0.15) is 5.82 Å². The van der Waals surface area contributed by atoms with Crippen molar-refractivity contribution in [2.45, 2.75) is 45.1 Å². The minimum absolute atomic E-state index is 0. The van der Waals surface area contributed by atoms with Crippen molar-refractivity contribution in [2.75, 3.05) is 13.1 Å². The first kappa shape index (κ1) is 21.9. The summed E-state index contributed by atoms with van der Waals surface area (Å²) in [5, 5.41) is 3.40. The lowest BCUT2D eigenvalue weighted by atomic mass is 10.0. The van der Waals surface area contributed by atoms with Crippen LogP contribution in [0.25, 0.3) is 0 Å². The summed E-state index contributed by atoms with van der Waals surface area (Å²) in [4.78, 5) is 0. The van der Waals surface area contributed by atoms with Gasteiger partial charge in [0.05, 0.1) is 0 Å². The molecule has 0 fully saturated rings. The highest BCUT2D eigenvalue weighted by molar-refractivity contribution is 5.85. The van der Waals surface area contributed by atoms with Crippen molar-refractivity contribution in [3.63, 3.8) is 0 Å². The molecule has 20 heavy (non-hydrogen) atoms. The van der Waals surface area contributed by atoms with Crippen molar-refractivity contribution in [1.82, 2.24) is 5.32 Å². The lowest BCUT2D eigenvalue weighted by Crippen LogP contribution is -2.22. The highest BCUT2D eigenvalue weighted by Crippen LogP contribution is 2.13. The van der Waals surface area contributed by atoms with E-state index in [4.69, 9.17) is 5.73 Å². The molecule has 0 aliphatic rings. The molecule has 1 aromatic carbocycles. The molecular weight excluding hydrogens is 298 g/mol. The van der Waals surface area contributed by atoms with Gasteiger partial charge in [0.15, 0.2) is 0 Å². The Kier molecular flexibility index (Phi) is 14.9. The molecule has 0 saturated heterocycles. The third kappa shape index (κ3) is 9.54. The highest BCUT2D eigenvalue weighted by atomic mass is 35.5. The first-order chi connectivity index (χ1) is 8.74. The summed E-state index contributed by atoms with van der Waals surface area (Å²) in [6.45, 7) is 4.20. The van der Waals surface area contributed by atoms with Gasteiger partial charge in [-0.1, -0.05) is 38.3 Å². The molecule has 0 heterocycles. The molecule has 0 saturated carbocycles. The molecule has 0 aliphatic heterocycles. The van der Waals surface area contributed by atoms with E-state index in [1.165, 1.54) is 37.8 Å². The Morgan fingerprint density at radius 3 is 2.30 bits per heavy atom. The fourth-order valence-corrected chi connectivity index (χ4v) is 1.94. The summed E-state index contributed by atoms with van der Waals surface area (Å²) in [6, 6.07) is 6.46. The molecule has 118 valence electrons. The quantitative estimate of drug-likeness (QED) is 0.667. The lowest BCUT2D eigenvalue weighted by molar-refractivity contribution is 0.551. The minimum Gasteiger partial charge on any atom is -0.324 e. The van der Waals surface area contributed by atoms with Crippen LogP contribution < -0.4 is 11.1 Å². The lowest BCUT2D eigenvalue weighted by Gasteiger charge is -2.12. The molecule has 1 atom stereocenters. The number of nitrogens with two attached hydrogens (primary N) is 1. The zero-order chi connectivity index (χ0) is 13.2. The zero-order valence-corrected chi connectivity index (χ0v) is 13.7. The summed E-state index contributed by atoms with van der Waals surface area (Å²) < 4.78 is 12.8. The van der Waals surface area contributed by atoms with Crippen molar-refractivity contribution in [2.24, 2.45) is 5.73 Å². The van der Waals surface area contributed by atoms with Crippen LogP contribution in [-0.4, -0.2) is 13.1 Å². The van der Waals surface area contributed by atoms with Crippen LogP contribution in [0.4, 0.5) is 4.39 Å². The Morgan fingerprint density at radius 2 is 1.70 bits per heavy atom. The molecule has 5 heteroatoms. The van der Waals surface area contributed by atoms with Gasteiger partial charge >= 0.3 is 0 Å². The Labute approximate surface area is 134 Å². The van der Waals surface area contributed by atoms with Gasteiger partial charge in [0.2, 0.25) is 0 Å². The van der Waals surface area contributed by atoms with E-state index in [9.17, 15) is 4.39 Å². The highest BCUT2D eigenvalue weighted by Gasteiger charge is 2.05. The van der Waals surface area contributed by atoms with Gasteiger partial charge in [-0.15, -0.1) is 24.8 Å². The Morgan fingerprint density at radius 1 is 1.05 bits per heavy atom. The molecular formula is C15H27Cl2FN2. The number of hydrogen-bond acceptors (Lipinski definition) is 2. The van der Waals surface area contributed by atoms with Gasteiger partial charge in [0, 0.05) is 6.04 Å². The Balaban J connectivity index is 0. The van der Waals surface area contributed by atoms with Crippen LogP contribution in [0.2, 0.25) is 0 Å². The Bertz CT molecular complexity index is 320. The molecule has 0 aliphatic carbocycles. The predicted molar refractivity (Wildman–Crippen MR) is 89.5 cm³/mol. The normalized spacial score (nSPS) is 11.3. The molecule has 0 bridgehead atoms. The van der Waals surface area contributed by atoms with Crippen molar-refractivity contribution in [3.8, 4) is 0 Å². The predicted octanol–water partition coefficient (Wildman–Crippen LogP) is 4.23. The van der Waals surface area contributed by atoms with E-state index >= 15 is 0 Å². The van der Waals surface area contributed by atoms with Gasteiger partial charge in [-0.25, -0.2) is 4.39 Å². The second-order valence-electron chi connectivity index (χ2n) is 4.76. The number of benzene rings is 1. The van der Waals surface area contributed by atoms with Crippen LogP contribution in [0.15, 0.2) is 24.3 Å². The zero-order valence-electron chi connectivity index (χ0n) is 12.1. The summed E-state index contributed by atoms with van der Waals surface area (Å²) in [7, 11) is 0. The summed E-state index contributed by atoms with van der Waals surface area (Å²) in [5.41, 5.74) is 7.05. The number of unbranched alkanes of at least 4 members (excludes halogenated alkanes) is 3. The van der Waals surface area contributed by atoms with Crippen LogP contribution in [0.5, 0.6) is 0 Å². The van der Waals surface area contributed by atoms with Crippen molar-refractivity contribution >= 4 is 24.8 Å². The van der Waals surface area contributed by atoms with Gasteiger partial charge in [-0.05, 0) is 43.6 Å². The number of nitrogens with one attached hydrogen (secondary N) is 1. The van der Waals surface area contributed by atoms with E-state index in [2.05, 4.69) is 12.2 Å². The van der Waals surface area contributed by atoms with E-state index in [-0.39, 0.29) is 36.7 Å². The average molecular weight is 325 g/mol. The van der Waals surface area contributed by atoms with Crippen molar-refractivity contribution in [1.29, 1.82) is 0 Å². The maximum atomic E-state index is 12.8. The second kappa shape index (κ2) is 13.6. The monoisotopic (exact) mass is 324 g/mol. The molecule has 1 aromatic rings. The van der Waals surface area contributed by atoms with Gasteiger partial charge < -0.3 is 11.1 Å². The van der Waals surface area contributed by atoms with Crippen LogP contribution in [0.3, 0.4) is 0 Å². The van der Waals surface area contributed by atoms with Gasteiger partial charge in [-0.2, -0.15) is 0 Å². The second-order valence-corrected chi connectivity index (χ2v) is 4.76. The fraction of sp³-hybridized carbons (Fsp3) is 0.600. The fourth-order valence-electron chi connectivity index (χ4n) is 1.94. The number of rotatable bonds is 9. The maximum absolute atomic E-state index is 12.8. The number of hydrogen-bond donors (Lipinski definition) is 2. The first-order valence-corrected chi connectivity index (χ1v) is 6.95. The molecule has 2 nitrogen and oxygen atoms in total. The van der Waals surface area contributed by atoms with Crippen LogP contribution in [-0.2, 0) is 0 Å². The molecule has 1 unspecified atom stereocenters. The smallest absolute Gasteiger partial charge is 0.123 e. The van der Waals surface area contributed by atoms with Gasteiger partial charge in [-0.3, -0.25) is 0 Å². The maximum Gasteiger partial charge on any atom is 0.123 e. The van der Waals surface area contributed by atoms with E-state index in [0.717, 1.165) is 25.1 Å². The summed E-state index contributed by atoms with van der Waals surface area (Å²) in [5.74, 6) is -0.208. The summed E-state index contributed by atoms with van der Waals surface area (Å²) in [6.07, 6.45) is 6.01. The SMILES string of the molecule is CCCCCCNCCC(N)c1ccc(F)cc1.Cl.Cl. The molecule has 0 spiro atoms. The third-order valence-corrected chi connectivity index (χ3v) is 3.14. The van der Waals surface area contributed by atoms with Crippen LogP contribution in [0, 0.1) is 5.82 Å². The molecule has 0 amide bonds. The van der Waals surface area contributed by atoms with E-state index in [1.54, 1.807) is 12.1 Å². The van der Waals surface area contributed by atoms with E-state index < -0.39 is 0 Å². The van der Waals surface area contributed by atoms with Crippen LogP contribution >= 0.6 is 24.8 Å². The topological polar surface area (TPSA) is 38.0 Å². The van der Waals surface area contributed by atoms with Gasteiger partial charge in [0.25, 0.3) is 0 Å². The minimum atomic E-state index is -0.208. The summed E-state index contributed by atoms with van der Waals surface area (Å²) >= 11 is 0. The average Bonchev–Trinajstić information content (AvgIpc) is 2.38. The molecule has 1 rings (SSSR count). The standard InChI is InChI=1S/C15H25FN2.2ClH/c1-2-3-4-5-11-18-12-10-15(17)13-6-8-14(16)9-7-13;;/h6-9,15,18H,2-5,10-12,17H2,1H3;2*1H. The molecule has 3 N–H and O–H groups in total. The van der Waals surface area contributed by atoms with Crippen molar-refractivity contribution < 1.29 is 4.39 Å². The van der Waals surface area contributed by atoms with Crippen molar-refractivity contribution in [3.05, 3.63) is 35.6 Å². The van der Waals surface area contributed by atoms with E-state index in [1.807, 2.05) is 0 Å².